The van der Waals surface area contributed by atoms with E-state index in [-0.39, 0.29) is 11.9 Å². The molecule has 0 aliphatic rings. The van der Waals surface area contributed by atoms with Crippen LogP contribution in [0, 0.1) is 27.7 Å². The van der Waals surface area contributed by atoms with Crippen molar-refractivity contribution in [1.29, 1.82) is 0 Å². The van der Waals surface area contributed by atoms with Gasteiger partial charge in [-0.1, -0.05) is 41.5 Å². The van der Waals surface area contributed by atoms with Crippen molar-refractivity contribution in [3.63, 3.8) is 0 Å². The highest BCUT2D eigenvalue weighted by Crippen LogP contribution is 2.21. The van der Waals surface area contributed by atoms with Crippen LogP contribution in [0.1, 0.15) is 47.7 Å². The summed E-state index contributed by atoms with van der Waals surface area (Å²) in [4.78, 5) is 12.5. The number of amides is 1. The number of rotatable bonds is 5. The fourth-order valence-corrected chi connectivity index (χ4v) is 2.81. The Morgan fingerprint density at radius 1 is 0.917 bits per heavy atom. The monoisotopic (exact) mass is 325 g/mol. The van der Waals surface area contributed by atoms with Crippen LogP contribution >= 0.6 is 0 Å². The summed E-state index contributed by atoms with van der Waals surface area (Å²) in [6.45, 7) is 11.9. The van der Waals surface area contributed by atoms with Crippen molar-refractivity contribution in [2.75, 3.05) is 0 Å². The van der Waals surface area contributed by atoms with Gasteiger partial charge >= 0.3 is 0 Å². The molecule has 3 nitrogen and oxygen atoms in total. The van der Waals surface area contributed by atoms with Gasteiger partial charge in [-0.2, -0.15) is 0 Å². The Hall–Kier alpha value is -2.29. The van der Waals surface area contributed by atoms with Crippen molar-refractivity contribution >= 4 is 5.91 Å². The number of aryl methyl sites for hydroxylation is 4. The van der Waals surface area contributed by atoms with Gasteiger partial charge in [0.05, 0.1) is 6.04 Å². The van der Waals surface area contributed by atoms with E-state index in [1.54, 1.807) is 6.92 Å². The topological polar surface area (TPSA) is 38.3 Å². The molecule has 0 spiro atoms. The SMILES string of the molecule is Cc1ccc(O[C@H](C)C(=O)N[C@@H](C)c2cc(C)ccc2C)c(C)c1. The maximum atomic E-state index is 12.5. The third kappa shape index (κ3) is 4.38. The van der Waals surface area contributed by atoms with E-state index in [9.17, 15) is 4.79 Å². The number of ether oxygens (including phenoxy) is 1. The summed E-state index contributed by atoms with van der Waals surface area (Å²) in [5, 5.41) is 3.05. The van der Waals surface area contributed by atoms with Gasteiger partial charge in [0.25, 0.3) is 5.91 Å². The number of hydrogen-bond acceptors (Lipinski definition) is 2. The molecule has 1 N–H and O–H groups in total. The molecule has 1 amide bonds. The zero-order valence-electron chi connectivity index (χ0n) is 15.4. The van der Waals surface area contributed by atoms with E-state index in [0.29, 0.717) is 0 Å². The molecule has 0 saturated heterocycles. The molecule has 2 atom stereocenters. The van der Waals surface area contributed by atoms with Gasteiger partial charge < -0.3 is 10.1 Å². The van der Waals surface area contributed by atoms with Crippen LogP contribution in [0.15, 0.2) is 36.4 Å². The van der Waals surface area contributed by atoms with Crippen LogP contribution in [-0.4, -0.2) is 12.0 Å². The lowest BCUT2D eigenvalue weighted by atomic mass is 10.00. The van der Waals surface area contributed by atoms with Crippen LogP contribution in [0.4, 0.5) is 0 Å². The van der Waals surface area contributed by atoms with Crippen LogP contribution in [0.5, 0.6) is 5.75 Å². The number of carbonyl (C=O) groups is 1. The summed E-state index contributed by atoms with van der Waals surface area (Å²) in [6, 6.07) is 12.2. The Morgan fingerprint density at radius 3 is 2.21 bits per heavy atom. The smallest absolute Gasteiger partial charge is 0.261 e. The summed E-state index contributed by atoms with van der Waals surface area (Å²) < 4.78 is 5.84. The van der Waals surface area contributed by atoms with Crippen molar-refractivity contribution in [2.24, 2.45) is 0 Å². The molecule has 2 aromatic carbocycles. The van der Waals surface area contributed by atoms with Gasteiger partial charge in [-0.3, -0.25) is 4.79 Å². The molecule has 24 heavy (non-hydrogen) atoms. The number of carbonyl (C=O) groups excluding carboxylic acids is 1. The van der Waals surface area contributed by atoms with Crippen molar-refractivity contribution in [1.82, 2.24) is 5.32 Å². The highest BCUT2D eigenvalue weighted by Gasteiger charge is 2.19. The molecule has 0 unspecified atom stereocenters. The first-order chi connectivity index (χ1) is 11.3. The zero-order valence-corrected chi connectivity index (χ0v) is 15.4. The van der Waals surface area contributed by atoms with Crippen LogP contribution in [0.2, 0.25) is 0 Å². The van der Waals surface area contributed by atoms with E-state index < -0.39 is 6.10 Å². The molecule has 2 rings (SSSR count). The maximum absolute atomic E-state index is 12.5. The van der Waals surface area contributed by atoms with Crippen molar-refractivity contribution in [2.45, 2.75) is 53.7 Å². The van der Waals surface area contributed by atoms with E-state index in [1.165, 1.54) is 16.7 Å². The van der Waals surface area contributed by atoms with E-state index >= 15 is 0 Å². The lowest BCUT2D eigenvalue weighted by molar-refractivity contribution is -0.127. The first kappa shape index (κ1) is 18.1. The molecule has 0 aliphatic heterocycles. The van der Waals surface area contributed by atoms with E-state index in [2.05, 4.69) is 43.4 Å². The largest absolute Gasteiger partial charge is 0.481 e. The number of hydrogen-bond donors (Lipinski definition) is 1. The van der Waals surface area contributed by atoms with Crippen molar-refractivity contribution < 1.29 is 9.53 Å². The maximum Gasteiger partial charge on any atom is 0.261 e. The molecule has 0 saturated carbocycles. The number of benzene rings is 2. The second-order valence-electron chi connectivity index (χ2n) is 6.62. The molecule has 0 aromatic heterocycles. The Balaban J connectivity index is 2.04. The lowest BCUT2D eigenvalue weighted by Crippen LogP contribution is -2.38. The summed E-state index contributed by atoms with van der Waals surface area (Å²) in [6.07, 6.45) is -0.543. The normalized spacial score (nSPS) is 13.2. The second kappa shape index (κ2) is 7.52. The Labute approximate surface area is 145 Å². The molecule has 0 fully saturated rings. The Kier molecular flexibility index (Phi) is 5.66. The number of nitrogens with one attached hydrogen (secondary N) is 1. The van der Waals surface area contributed by atoms with Gasteiger partial charge in [-0.05, 0) is 64.3 Å². The van der Waals surface area contributed by atoms with Crippen LogP contribution in [-0.2, 0) is 4.79 Å². The van der Waals surface area contributed by atoms with Gasteiger partial charge in [0.2, 0.25) is 0 Å². The Morgan fingerprint density at radius 2 is 1.54 bits per heavy atom. The van der Waals surface area contributed by atoms with Crippen molar-refractivity contribution in [3.8, 4) is 5.75 Å². The van der Waals surface area contributed by atoms with Crippen LogP contribution < -0.4 is 10.1 Å². The predicted octanol–water partition coefficient (Wildman–Crippen LogP) is 4.56. The van der Waals surface area contributed by atoms with Crippen molar-refractivity contribution in [3.05, 3.63) is 64.2 Å². The average molecular weight is 325 g/mol. The van der Waals surface area contributed by atoms with E-state index in [0.717, 1.165) is 16.9 Å². The third-order valence-electron chi connectivity index (χ3n) is 4.26. The highest BCUT2D eigenvalue weighted by atomic mass is 16.5. The molecule has 0 radical (unpaired) electrons. The molecule has 2 aromatic rings. The Bertz CT molecular complexity index is 737. The molecule has 0 heterocycles. The van der Waals surface area contributed by atoms with Gasteiger partial charge in [-0.25, -0.2) is 0 Å². The fraction of sp³-hybridized carbons (Fsp3) is 0.381. The first-order valence-corrected chi connectivity index (χ1v) is 8.39. The zero-order chi connectivity index (χ0) is 17.9. The van der Waals surface area contributed by atoms with Gasteiger partial charge in [0.1, 0.15) is 5.75 Å². The molecule has 0 aliphatic carbocycles. The molecule has 0 bridgehead atoms. The van der Waals surface area contributed by atoms with Crippen LogP contribution in [0.25, 0.3) is 0 Å². The molecule has 3 heteroatoms. The average Bonchev–Trinajstić information content (AvgIpc) is 2.52. The minimum Gasteiger partial charge on any atom is -0.481 e. The molecule has 128 valence electrons. The third-order valence-corrected chi connectivity index (χ3v) is 4.26. The van der Waals surface area contributed by atoms with Gasteiger partial charge in [0.15, 0.2) is 6.10 Å². The summed E-state index contributed by atoms with van der Waals surface area (Å²) in [7, 11) is 0. The van der Waals surface area contributed by atoms with E-state index in [4.69, 9.17) is 4.74 Å². The summed E-state index contributed by atoms with van der Waals surface area (Å²) in [5.74, 6) is 0.644. The lowest BCUT2D eigenvalue weighted by Gasteiger charge is -2.21. The van der Waals surface area contributed by atoms with Gasteiger partial charge in [0, 0.05) is 0 Å². The summed E-state index contributed by atoms with van der Waals surface area (Å²) in [5.41, 5.74) is 5.73. The molecular formula is C21H27NO2. The minimum absolute atomic E-state index is 0.0532. The van der Waals surface area contributed by atoms with E-state index in [1.807, 2.05) is 32.9 Å². The summed E-state index contributed by atoms with van der Waals surface area (Å²) >= 11 is 0. The quantitative estimate of drug-likeness (QED) is 0.875. The van der Waals surface area contributed by atoms with Gasteiger partial charge in [-0.15, -0.1) is 0 Å². The minimum atomic E-state index is -0.543. The predicted molar refractivity (Wildman–Crippen MR) is 98.5 cm³/mol. The van der Waals surface area contributed by atoms with Crippen LogP contribution in [0.3, 0.4) is 0 Å². The first-order valence-electron chi connectivity index (χ1n) is 8.39. The highest BCUT2D eigenvalue weighted by molar-refractivity contribution is 5.81. The standard InChI is InChI=1S/C21H27NO2/c1-13-8-10-20(16(4)11-13)24-18(6)21(23)22-17(5)19-12-14(2)7-9-15(19)3/h7-12,17-18H,1-6H3,(H,22,23)/t17-,18+/m0/s1. The molecular weight excluding hydrogens is 298 g/mol. The fourth-order valence-electron chi connectivity index (χ4n) is 2.81. The second-order valence-corrected chi connectivity index (χ2v) is 6.62.